The highest BCUT2D eigenvalue weighted by atomic mass is 16.2. The van der Waals surface area contributed by atoms with E-state index in [9.17, 15) is 4.79 Å². The molecule has 1 fully saturated rings. The summed E-state index contributed by atoms with van der Waals surface area (Å²) in [7, 11) is 0. The van der Waals surface area contributed by atoms with Gasteiger partial charge in [0.2, 0.25) is 5.91 Å². The van der Waals surface area contributed by atoms with E-state index in [0.717, 1.165) is 56.8 Å². The number of benzene rings is 1. The molecule has 1 aliphatic carbocycles. The highest BCUT2D eigenvalue weighted by Crippen LogP contribution is 2.47. The van der Waals surface area contributed by atoms with E-state index in [1.807, 2.05) is 24.4 Å². The highest BCUT2D eigenvalue weighted by molar-refractivity contribution is 6.06. The van der Waals surface area contributed by atoms with E-state index in [1.54, 1.807) is 0 Å². The first-order valence-corrected chi connectivity index (χ1v) is 10.5. The van der Waals surface area contributed by atoms with E-state index < -0.39 is 0 Å². The number of anilines is 2. The fourth-order valence-corrected chi connectivity index (χ4v) is 4.70. The van der Waals surface area contributed by atoms with E-state index in [-0.39, 0.29) is 11.3 Å². The molecule has 1 amide bonds. The van der Waals surface area contributed by atoms with Gasteiger partial charge in [-0.3, -0.25) is 4.79 Å². The predicted octanol–water partition coefficient (Wildman–Crippen LogP) is 3.85. The Morgan fingerprint density at radius 2 is 1.89 bits per heavy atom. The van der Waals surface area contributed by atoms with E-state index >= 15 is 0 Å². The van der Waals surface area contributed by atoms with Crippen LogP contribution in [0.2, 0.25) is 0 Å². The maximum atomic E-state index is 12.7. The van der Waals surface area contributed by atoms with Crippen molar-refractivity contribution in [3.05, 3.63) is 53.7 Å². The molecule has 1 aliphatic heterocycles. The molecule has 1 aromatic heterocycles. The Balaban J connectivity index is 1.34. The maximum Gasteiger partial charge on any atom is 0.235 e. The molecule has 2 aromatic rings. The molecule has 5 nitrogen and oxygen atoms in total. The molecule has 1 saturated carbocycles. The molecular formula is C23H30N4O. The quantitative estimate of drug-likeness (QED) is 0.802. The molecule has 1 aromatic carbocycles. The van der Waals surface area contributed by atoms with Gasteiger partial charge in [-0.25, -0.2) is 4.98 Å². The van der Waals surface area contributed by atoms with Crippen LogP contribution in [0.3, 0.4) is 0 Å². The number of fused-ring (bicyclic) bond motifs is 2. The van der Waals surface area contributed by atoms with Crippen molar-refractivity contribution in [3.63, 3.8) is 0 Å². The fourth-order valence-electron chi connectivity index (χ4n) is 4.70. The van der Waals surface area contributed by atoms with Crippen molar-refractivity contribution in [2.75, 3.05) is 23.3 Å². The summed E-state index contributed by atoms with van der Waals surface area (Å²) in [6, 6.07) is 12.9. The zero-order valence-corrected chi connectivity index (χ0v) is 16.9. The summed E-state index contributed by atoms with van der Waals surface area (Å²) in [5.74, 6) is 1.22. The van der Waals surface area contributed by atoms with Gasteiger partial charge in [0.15, 0.2) is 0 Å². The van der Waals surface area contributed by atoms with Crippen LogP contribution in [-0.2, 0) is 16.8 Å². The molecule has 4 rings (SSSR count). The van der Waals surface area contributed by atoms with Crippen molar-refractivity contribution in [2.24, 2.45) is 0 Å². The molecule has 0 bridgehead atoms. The molecule has 148 valence electrons. The van der Waals surface area contributed by atoms with Gasteiger partial charge in [-0.05, 0) is 62.8 Å². The summed E-state index contributed by atoms with van der Waals surface area (Å²) in [4.78, 5) is 19.5. The first-order valence-electron chi connectivity index (χ1n) is 10.5. The lowest BCUT2D eigenvalue weighted by atomic mass is 9.69. The first-order chi connectivity index (χ1) is 13.7. The third kappa shape index (κ3) is 3.39. The number of carbonyl (C=O) groups is 1. The molecule has 28 heavy (non-hydrogen) atoms. The molecule has 2 aliphatic rings. The van der Waals surface area contributed by atoms with Gasteiger partial charge < -0.3 is 15.5 Å². The van der Waals surface area contributed by atoms with E-state index in [2.05, 4.69) is 52.6 Å². The predicted molar refractivity (Wildman–Crippen MR) is 114 cm³/mol. The minimum Gasteiger partial charge on any atom is -0.357 e. The second kappa shape index (κ2) is 7.92. The van der Waals surface area contributed by atoms with Crippen molar-refractivity contribution in [2.45, 2.75) is 57.5 Å². The fraction of sp³-hybridized carbons (Fsp3) is 0.478. The van der Waals surface area contributed by atoms with E-state index in [4.69, 9.17) is 0 Å². The van der Waals surface area contributed by atoms with Gasteiger partial charge in [0, 0.05) is 37.6 Å². The normalized spacial score (nSPS) is 23.5. The smallest absolute Gasteiger partial charge is 0.235 e. The number of rotatable bonds is 6. The molecule has 0 unspecified atom stereocenters. The molecule has 5 heteroatoms. The molecule has 0 saturated heterocycles. The zero-order chi connectivity index (χ0) is 19.6. The number of carbonyl (C=O) groups excluding carboxylic acids is 1. The molecule has 2 N–H and O–H groups in total. The van der Waals surface area contributed by atoms with Crippen LogP contribution in [0.4, 0.5) is 11.5 Å². The van der Waals surface area contributed by atoms with Gasteiger partial charge in [-0.2, -0.15) is 0 Å². The van der Waals surface area contributed by atoms with E-state index in [0.29, 0.717) is 6.04 Å². The van der Waals surface area contributed by atoms with Crippen LogP contribution >= 0.6 is 0 Å². The van der Waals surface area contributed by atoms with Crippen molar-refractivity contribution >= 4 is 17.4 Å². The average molecular weight is 379 g/mol. The number of nitrogens with zero attached hydrogens (tertiary/aromatic N) is 2. The van der Waals surface area contributed by atoms with Crippen LogP contribution in [0.25, 0.3) is 0 Å². The summed E-state index contributed by atoms with van der Waals surface area (Å²) >= 11 is 0. The van der Waals surface area contributed by atoms with Gasteiger partial charge in [-0.15, -0.1) is 0 Å². The second-order valence-corrected chi connectivity index (χ2v) is 7.93. The highest BCUT2D eigenvalue weighted by Gasteiger charge is 2.48. The lowest BCUT2D eigenvalue weighted by molar-refractivity contribution is -0.122. The Morgan fingerprint density at radius 3 is 2.57 bits per heavy atom. The monoisotopic (exact) mass is 378 g/mol. The number of nitrogens with one attached hydrogen (secondary N) is 2. The summed E-state index contributed by atoms with van der Waals surface area (Å²) < 4.78 is 0. The van der Waals surface area contributed by atoms with Crippen LogP contribution < -0.4 is 15.5 Å². The van der Waals surface area contributed by atoms with Gasteiger partial charge in [0.25, 0.3) is 0 Å². The molecule has 1 spiro atoms. The van der Waals surface area contributed by atoms with Crippen molar-refractivity contribution in [1.29, 1.82) is 0 Å². The van der Waals surface area contributed by atoms with Gasteiger partial charge in [0.1, 0.15) is 5.82 Å². The molecule has 2 heterocycles. The lowest BCUT2D eigenvalue weighted by Crippen LogP contribution is -2.43. The first kappa shape index (κ1) is 18.9. The third-order valence-electron chi connectivity index (χ3n) is 6.46. The number of hydrogen-bond acceptors (Lipinski definition) is 4. The van der Waals surface area contributed by atoms with Gasteiger partial charge >= 0.3 is 0 Å². The van der Waals surface area contributed by atoms with Crippen molar-refractivity contribution < 1.29 is 4.79 Å². The Morgan fingerprint density at radius 1 is 1.14 bits per heavy atom. The Bertz CT molecular complexity index is 821. The minimum atomic E-state index is -0.318. The largest absolute Gasteiger partial charge is 0.357 e. The summed E-state index contributed by atoms with van der Waals surface area (Å²) in [6.07, 6.45) is 5.84. The molecule has 0 radical (unpaired) electrons. The van der Waals surface area contributed by atoms with Crippen LogP contribution in [0.1, 0.15) is 50.7 Å². The maximum absolute atomic E-state index is 12.7. The minimum absolute atomic E-state index is 0.184. The number of para-hydroxylation sites is 1. The topological polar surface area (TPSA) is 57.3 Å². The SMILES string of the molecule is CCN(CC)c1ccc(CNC2CCC3(CC2)C(=O)Nc2ccccc23)cn1. The lowest BCUT2D eigenvalue weighted by Gasteiger charge is -2.36. The zero-order valence-electron chi connectivity index (χ0n) is 16.9. The van der Waals surface area contributed by atoms with Gasteiger partial charge in [0.05, 0.1) is 5.41 Å². The summed E-state index contributed by atoms with van der Waals surface area (Å²) in [5, 5.41) is 6.76. The molecule has 0 atom stereocenters. The number of amides is 1. The summed E-state index contributed by atoms with van der Waals surface area (Å²) in [5.41, 5.74) is 3.08. The number of hydrogen-bond donors (Lipinski definition) is 2. The third-order valence-corrected chi connectivity index (χ3v) is 6.46. The number of pyridine rings is 1. The van der Waals surface area contributed by atoms with Crippen LogP contribution in [0.5, 0.6) is 0 Å². The Kier molecular flexibility index (Phi) is 5.36. The Hall–Kier alpha value is -2.40. The van der Waals surface area contributed by atoms with Crippen molar-refractivity contribution in [3.8, 4) is 0 Å². The Labute approximate surface area is 167 Å². The van der Waals surface area contributed by atoms with Crippen LogP contribution in [0.15, 0.2) is 42.6 Å². The molecular weight excluding hydrogens is 348 g/mol. The summed E-state index contributed by atoms with van der Waals surface area (Å²) in [6.45, 7) is 7.08. The average Bonchev–Trinajstić information content (AvgIpc) is 3.01. The number of aromatic nitrogens is 1. The second-order valence-electron chi connectivity index (χ2n) is 7.93. The van der Waals surface area contributed by atoms with Gasteiger partial charge in [-0.1, -0.05) is 24.3 Å². The van der Waals surface area contributed by atoms with Crippen LogP contribution in [-0.4, -0.2) is 30.0 Å². The van der Waals surface area contributed by atoms with Crippen LogP contribution in [0, 0.1) is 0 Å². The standard InChI is InChI=1S/C23H30N4O/c1-3-27(4-2)21-10-9-17(16-25-21)15-24-18-11-13-23(14-12-18)19-7-5-6-8-20(19)26-22(23)28/h5-10,16,18,24H,3-4,11-15H2,1-2H3,(H,26,28). The van der Waals surface area contributed by atoms with E-state index in [1.165, 1.54) is 11.1 Å². The van der Waals surface area contributed by atoms with Crippen molar-refractivity contribution in [1.82, 2.24) is 10.3 Å².